The second-order valence-electron chi connectivity index (χ2n) is 1.95. The van der Waals surface area contributed by atoms with Gasteiger partial charge in [-0.1, -0.05) is 6.92 Å². The standard InChI is InChI=1S/C5H8F4/c1-3-5(8,9)4(2,6)7/h3H2,1-2H3. The summed E-state index contributed by atoms with van der Waals surface area (Å²) in [7, 11) is 0. The number of alkyl halides is 4. The zero-order valence-electron chi connectivity index (χ0n) is 5.22. The van der Waals surface area contributed by atoms with E-state index in [1.54, 1.807) is 0 Å². The Hall–Kier alpha value is -0.280. The molecule has 0 saturated carbocycles. The Morgan fingerprint density at radius 3 is 1.44 bits per heavy atom. The Bertz CT molecular complexity index is 91.6. The van der Waals surface area contributed by atoms with Gasteiger partial charge in [0.1, 0.15) is 0 Å². The summed E-state index contributed by atoms with van der Waals surface area (Å²) >= 11 is 0. The monoisotopic (exact) mass is 144 g/mol. The highest BCUT2D eigenvalue weighted by atomic mass is 19.3. The molecule has 0 spiro atoms. The van der Waals surface area contributed by atoms with Crippen molar-refractivity contribution in [3.05, 3.63) is 0 Å². The molecule has 9 heavy (non-hydrogen) atoms. The molecule has 0 N–H and O–H groups in total. The SMILES string of the molecule is CCC(F)(F)C(C)(F)F. The van der Waals surface area contributed by atoms with Crippen LogP contribution in [0.1, 0.15) is 20.3 Å². The Balaban J connectivity index is 4.14. The van der Waals surface area contributed by atoms with E-state index in [1.807, 2.05) is 0 Å². The van der Waals surface area contributed by atoms with Crippen molar-refractivity contribution in [1.29, 1.82) is 0 Å². The molecule has 0 amide bonds. The van der Waals surface area contributed by atoms with Gasteiger partial charge in [0.15, 0.2) is 0 Å². The summed E-state index contributed by atoms with van der Waals surface area (Å²) in [4.78, 5) is 0. The predicted molar refractivity (Wildman–Crippen MR) is 25.9 cm³/mol. The van der Waals surface area contributed by atoms with E-state index in [9.17, 15) is 17.6 Å². The van der Waals surface area contributed by atoms with E-state index in [2.05, 4.69) is 0 Å². The van der Waals surface area contributed by atoms with E-state index < -0.39 is 18.3 Å². The Labute approximate surface area is 50.9 Å². The molecule has 0 bridgehead atoms. The van der Waals surface area contributed by atoms with Crippen molar-refractivity contribution in [2.24, 2.45) is 0 Å². The van der Waals surface area contributed by atoms with Gasteiger partial charge >= 0.3 is 11.8 Å². The maximum Gasteiger partial charge on any atom is 0.309 e. The first-order chi connectivity index (χ1) is 3.81. The molecule has 0 rings (SSSR count). The first-order valence-corrected chi connectivity index (χ1v) is 2.57. The normalized spacial score (nSPS) is 14.0. The minimum atomic E-state index is -3.89. The largest absolute Gasteiger partial charge is 0.309 e. The third-order valence-electron chi connectivity index (χ3n) is 1.09. The topological polar surface area (TPSA) is 0 Å². The molecule has 0 nitrogen and oxygen atoms in total. The number of hydrogen-bond acceptors (Lipinski definition) is 0. The lowest BCUT2D eigenvalue weighted by atomic mass is 10.1. The molecule has 56 valence electrons. The summed E-state index contributed by atoms with van der Waals surface area (Å²) < 4.78 is 47.3. The van der Waals surface area contributed by atoms with E-state index in [4.69, 9.17) is 0 Å². The van der Waals surface area contributed by atoms with Crippen LogP contribution in [0.4, 0.5) is 17.6 Å². The number of hydrogen-bond donors (Lipinski definition) is 0. The molecular weight excluding hydrogens is 136 g/mol. The molecular formula is C5H8F4. The highest BCUT2D eigenvalue weighted by Gasteiger charge is 2.50. The van der Waals surface area contributed by atoms with Gasteiger partial charge in [-0.3, -0.25) is 0 Å². The predicted octanol–water partition coefficient (Wildman–Crippen LogP) is 2.69. The number of halogens is 4. The summed E-state index contributed by atoms with van der Waals surface area (Å²) in [6.07, 6.45) is -0.823. The van der Waals surface area contributed by atoms with Crippen molar-refractivity contribution in [1.82, 2.24) is 0 Å². The highest BCUT2D eigenvalue weighted by molar-refractivity contribution is 4.78. The molecule has 0 aliphatic rings. The maximum absolute atomic E-state index is 11.9. The van der Waals surface area contributed by atoms with Gasteiger partial charge in [-0.05, 0) is 0 Å². The lowest BCUT2D eigenvalue weighted by Crippen LogP contribution is -2.36. The fourth-order valence-electron chi connectivity index (χ4n) is 0.310. The van der Waals surface area contributed by atoms with Gasteiger partial charge in [-0.25, -0.2) is 8.78 Å². The molecule has 0 aromatic rings. The smallest absolute Gasteiger partial charge is 0.200 e. The third kappa shape index (κ3) is 1.84. The molecule has 0 radical (unpaired) electrons. The Morgan fingerprint density at radius 2 is 1.44 bits per heavy atom. The van der Waals surface area contributed by atoms with Gasteiger partial charge in [0, 0.05) is 13.3 Å². The van der Waals surface area contributed by atoms with Gasteiger partial charge in [0.25, 0.3) is 0 Å². The van der Waals surface area contributed by atoms with Crippen LogP contribution in [-0.2, 0) is 0 Å². The van der Waals surface area contributed by atoms with Crippen molar-refractivity contribution in [2.75, 3.05) is 0 Å². The molecule has 0 aromatic heterocycles. The van der Waals surface area contributed by atoms with Crippen molar-refractivity contribution in [3.8, 4) is 0 Å². The summed E-state index contributed by atoms with van der Waals surface area (Å²) in [6, 6.07) is 0. The average molecular weight is 144 g/mol. The zero-order chi connectivity index (χ0) is 7.71. The van der Waals surface area contributed by atoms with Crippen LogP contribution >= 0.6 is 0 Å². The summed E-state index contributed by atoms with van der Waals surface area (Å²) in [6.45, 7) is 1.24. The van der Waals surface area contributed by atoms with E-state index in [0.717, 1.165) is 6.92 Å². The Kier molecular flexibility index (Phi) is 2.09. The van der Waals surface area contributed by atoms with Crippen molar-refractivity contribution < 1.29 is 17.6 Å². The molecule has 0 fully saturated rings. The van der Waals surface area contributed by atoms with Crippen LogP contribution in [0, 0.1) is 0 Å². The van der Waals surface area contributed by atoms with Crippen LogP contribution in [0.3, 0.4) is 0 Å². The average Bonchev–Trinajstić information content (AvgIpc) is 1.64. The Morgan fingerprint density at radius 1 is 1.11 bits per heavy atom. The molecule has 0 aromatic carbocycles. The summed E-state index contributed by atoms with van der Waals surface area (Å²) in [5, 5.41) is 0. The van der Waals surface area contributed by atoms with Crippen LogP contribution in [0.2, 0.25) is 0 Å². The van der Waals surface area contributed by atoms with Gasteiger partial charge in [-0.15, -0.1) is 0 Å². The van der Waals surface area contributed by atoms with Crippen LogP contribution < -0.4 is 0 Å². The van der Waals surface area contributed by atoms with E-state index >= 15 is 0 Å². The minimum Gasteiger partial charge on any atom is -0.200 e. The fraction of sp³-hybridized carbons (Fsp3) is 1.00. The first-order valence-electron chi connectivity index (χ1n) is 2.57. The van der Waals surface area contributed by atoms with Crippen LogP contribution in [0.5, 0.6) is 0 Å². The molecule has 0 atom stereocenters. The van der Waals surface area contributed by atoms with E-state index in [1.165, 1.54) is 0 Å². The van der Waals surface area contributed by atoms with Crippen LogP contribution in [-0.4, -0.2) is 11.8 Å². The lowest BCUT2D eigenvalue weighted by Gasteiger charge is -2.20. The van der Waals surface area contributed by atoms with Crippen LogP contribution in [0.25, 0.3) is 0 Å². The van der Waals surface area contributed by atoms with Gasteiger partial charge < -0.3 is 0 Å². The van der Waals surface area contributed by atoms with Crippen molar-refractivity contribution in [2.45, 2.75) is 32.1 Å². The van der Waals surface area contributed by atoms with E-state index in [0.29, 0.717) is 0 Å². The molecule has 0 aliphatic heterocycles. The minimum absolute atomic E-state index is 0.219. The van der Waals surface area contributed by atoms with Gasteiger partial charge in [0.2, 0.25) is 0 Å². The third-order valence-corrected chi connectivity index (χ3v) is 1.09. The lowest BCUT2D eigenvalue weighted by molar-refractivity contribution is -0.198. The van der Waals surface area contributed by atoms with Gasteiger partial charge in [0.05, 0.1) is 0 Å². The molecule has 0 aliphatic carbocycles. The molecule has 0 heterocycles. The van der Waals surface area contributed by atoms with E-state index in [-0.39, 0.29) is 6.92 Å². The van der Waals surface area contributed by atoms with Crippen molar-refractivity contribution >= 4 is 0 Å². The van der Waals surface area contributed by atoms with Gasteiger partial charge in [-0.2, -0.15) is 8.78 Å². The first kappa shape index (κ1) is 8.72. The second-order valence-corrected chi connectivity index (χ2v) is 1.95. The fourth-order valence-corrected chi connectivity index (χ4v) is 0.310. The van der Waals surface area contributed by atoms with Crippen molar-refractivity contribution in [3.63, 3.8) is 0 Å². The zero-order valence-corrected chi connectivity index (χ0v) is 5.22. The summed E-state index contributed by atoms with van der Waals surface area (Å²) in [5.41, 5.74) is 0. The number of rotatable bonds is 2. The highest BCUT2D eigenvalue weighted by Crippen LogP contribution is 2.35. The maximum atomic E-state index is 11.9. The molecule has 0 saturated heterocycles. The van der Waals surface area contributed by atoms with Crippen LogP contribution in [0.15, 0.2) is 0 Å². The molecule has 0 unspecified atom stereocenters. The summed E-state index contributed by atoms with van der Waals surface area (Å²) in [5.74, 6) is -7.74. The molecule has 4 heteroatoms. The quantitative estimate of drug-likeness (QED) is 0.522. The second kappa shape index (κ2) is 2.15.